The maximum absolute atomic E-state index is 2.36. The van der Waals surface area contributed by atoms with Gasteiger partial charge in [0.15, 0.2) is 0 Å². The second-order valence-corrected chi connectivity index (χ2v) is 7.34. The third-order valence-electron chi connectivity index (χ3n) is 5.14. The summed E-state index contributed by atoms with van der Waals surface area (Å²) in [5.41, 5.74) is 0. The summed E-state index contributed by atoms with van der Waals surface area (Å²) >= 11 is 0. The van der Waals surface area contributed by atoms with Crippen LogP contribution in [0.1, 0.15) is 178 Å². The van der Waals surface area contributed by atoms with Gasteiger partial charge in [0.1, 0.15) is 0 Å². The molecule has 3 aliphatic carbocycles. The van der Waals surface area contributed by atoms with Crippen LogP contribution in [-0.4, -0.2) is 11.0 Å². The summed E-state index contributed by atoms with van der Waals surface area (Å²) in [6, 6.07) is 0. The molecule has 0 aliphatic heterocycles. The van der Waals surface area contributed by atoms with Gasteiger partial charge in [-0.25, -0.2) is 0 Å². The Hall–Kier alpha value is -0.0800. The van der Waals surface area contributed by atoms with E-state index in [2.05, 4.69) is 6.92 Å². The highest BCUT2D eigenvalue weighted by atomic mass is 16.0. The Labute approximate surface area is 195 Å². The van der Waals surface area contributed by atoms with Crippen LogP contribution < -0.4 is 0 Å². The third kappa shape index (κ3) is 46.2. The van der Waals surface area contributed by atoms with E-state index in [1.54, 1.807) is 0 Å². The second kappa shape index (κ2) is 51.5. The lowest BCUT2D eigenvalue weighted by Gasteiger charge is -2.15. The molecule has 0 aromatic heterocycles. The molecule has 2 heteroatoms. The highest BCUT2D eigenvalue weighted by Gasteiger charge is 2.05. The van der Waals surface area contributed by atoms with Gasteiger partial charge in [-0.1, -0.05) is 178 Å². The minimum Gasteiger partial charge on any atom is -0.412 e. The van der Waals surface area contributed by atoms with Crippen molar-refractivity contribution in [1.82, 2.24) is 0 Å². The van der Waals surface area contributed by atoms with Crippen LogP contribution in [0.3, 0.4) is 0 Å². The highest BCUT2D eigenvalue weighted by molar-refractivity contribution is 4.59. The van der Waals surface area contributed by atoms with Gasteiger partial charge in [-0.05, 0) is 5.92 Å². The molecular formula is C28H68O2. The van der Waals surface area contributed by atoms with Crippen LogP contribution in [0.2, 0.25) is 0 Å². The largest absolute Gasteiger partial charge is 0.412 e. The fraction of sp³-hybridized carbons (Fsp3) is 1.00. The Balaban J connectivity index is -0.0000000601. The molecule has 0 heterocycles. The monoisotopic (exact) mass is 437 g/mol. The number of hydrogen-bond donors (Lipinski definition) is 0. The zero-order chi connectivity index (χ0) is 22.3. The Morgan fingerprint density at radius 3 is 0.533 bits per heavy atom. The first kappa shape index (κ1) is 43.7. The SMILES string of the molecule is C1CCCCC1.C1CCCCCC1.CC.CC.CC.CC.CC1CCCCC1.O.O. The molecule has 3 rings (SSSR count). The first-order valence-corrected chi connectivity index (χ1v) is 13.9. The van der Waals surface area contributed by atoms with Gasteiger partial charge >= 0.3 is 0 Å². The van der Waals surface area contributed by atoms with E-state index < -0.39 is 0 Å². The second-order valence-electron chi connectivity index (χ2n) is 7.34. The van der Waals surface area contributed by atoms with Gasteiger partial charge in [0.2, 0.25) is 0 Å². The number of rotatable bonds is 0. The van der Waals surface area contributed by atoms with Crippen LogP contribution in [0.5, 0.6) is 0 Å². The molecule has 0 atom stereocenters. The lowest BCUT2D eigenvalue weighted by atomic mass is 9.91. The Bertz CT molecular complexity index is 154. The standard InChI is InChI=1S/2C7H14.C6H12.4C2H6.2H2O/c1-7-5-3-2-4-6-7;1-2-4-6-7-5-3-1;1-2-4-6-5-3-1;4*1-2;;/h7H,2-6H2,1H3;1-7H2;1-6H2;4*1-2H3;2*1H2. The summed E-state index contributed by atoms with van der Waals surface area (Å²) in [6.07, 6.45) is 26.9. The quantitative estimate of drug-likeness (QED) is 0.339. The average molecular weight is 437 g/mol. The Kier molecular flexibility index (Phi) is 75.1. The van der Waals surface area contributed by atoms with E-state index in [0.29, 0.717) is 0 Å². The zero-order valence-electron chi connectivity index (χ0n) is 23.3. The fourth-order valence-electron chi connectivity index (χ4n) is 3.60. The normalized spacial score (nSPS) is 17.1. The van der Waals surface area contributed by atoms with Crippen LogP contribution in [-0.2, 0) is 0 Å². The van der Waals surface area contributed by atoms with Gasteiger partial charge in [-0.15, -0.1) is 0 Å². The molecule has 0 saturated heterocycles. The van der Waals surface area contributed by atoms with E-state index in [1.807, 2.05) is 55.4 Å². The van der Waals surface area contributed by atoms with Crippen LogP contribution in [0.15, 0.2) is 0 Å². The molecular weight excluding hydrogens is 368 g/mol. The molecule has 0 bridgehead atoms. The molecule has 3 fully saturated rings. The van der Waals surface area contributed by atoms with E-state index in [0.717, 1.165) is 5.92 Å². The maximum Gasteiger partial charge on any atom is -0.0443 e. The van der Waals surface area contributed by atoms with Crippen molar-refractivity contribution in [2.45, 2.75) is 178 Å². The summed E-state index contributed by atoms with van der Waals surface area (Å²) in [5, 5.41) is 0. The summed E-state index contributed by atoms with van der Waals surface area (Å²) in [5.74, 6) is 1.04. The molecule has 0 unspecified atom stereocenters. The van der Waals surface area contributed by atoms with Crippen molar-refractivity contribution in [2.24, 2.45) is 5.92 Å². The van der Waals surface area contributed by atoms with E-state index >= 15 is 0 Å². The minimum atomic E-state index is 0. The van der Waals surface area contributed by atoms with Crippen molar-refractivity contribution in [3.63, 3.8) is 0 Å². The fourth-order valence-corrected chi connectivity index (χ4v) is 3.60. The van der Waals surface area contributed by atoms with Crippen LogP contribution in [0, 0.1) is 5.92 Å². The predicted octanol–water partition coefficient (Wildman–Crippen LogP) is 10.1. The van der Waals surface area contributed by atoms with Gasteiger partial charge in [0, 0.05) is 0 Å². The Morgan fingerprint density at radius 1 is 0.300 bits per heavy atom. The molecule has 0 radical (unpaired) electrons. The summed E-state index contributed by atoms with van der Waals surface area (Å²) in [7, 11) is 0. The number of hydrogen-bond acceptors (Lipinski definition) is 0. The first-order valence-electron chi connectivity index (χ1n) is 13.9. The molecule has 0 aromatic rings. The van der Waals surface area contributed by atoms with Gasteiger partial charge < -0.3 is 11.0 Å². The molecule has 30 heavy (non-hydrogen) atoms. The van der Waals surface area contributed by atoms with Crippen molar-refractivity contribution in [1.29, 1.82) is 0 Å². The van der Waals surface area contributed by atoms with Crippen molar-refractivity contribution < 1.29 is 11.0 Å². The van der Waals surface area contributed by atoms with E-state index in [9.17, 15) is 0 Å². The topological polar surface area (TPSA) is 63.0 Å². The molecule has 4 N–H and O–H groups in total. The van der Waals surface area contributed by atoms with Crippen LogP contribution in [0.25, 0.3) is 0 Å². The zero-order valence-corrected chi connectivity index (χ0v) is 23.3. The molecule has 0 spiro atoms. The van der Waals surface area contributed by atoms with E-state index in [4.69, 9.17) is 0 Å². The molecule has 192 valence electrons. The predicted molar refractivity (Wildman–Crippen MR) is 145 cm³/mol. The first-order chi connectivity index (χ1) is 13.9. The van der Waals surface area contributed by atoms with Gasteiger partial charge in [0.05, 0.1) is 0 Å². The van der Waals surface area contributed by atoms with Gasteiger partial charge in [-0.2, -0.15) is 0 Å². The van der Waals surface area contributed by atoms with E-state index in [1.165, 1.54) is 116 Å². The Morgan fingerprint density at radius 2 is 0.433 bits per heavy atom. The van der Waals surface area contributed by atoms with Crippen molar-refractivity contribution in [3.05, 3.63) is 0 Å². The molecule has 3 aliphatic rings. The molecule has 0 amide bonds. The minimum absolute atomic E-state index is 0. The average Bonchev–Trinajstić information content (AvgIpc) is 3.15. The van der Waals surface area contributed by atoms with Crippen LogP contribution in [0.4, 0.5) is 0 Å². The van der Waals surface area contributed by atoms with Gasteiger partial charge in [0.25, 0.3) is 0 Å². The van der Waals surface area contributed by atoms with Crippen LogP contribution >= 0.6 is 0 Å². The molecule has 0 aromatic carbocycles. The summed E-state index contributed by atoms with van der Waals surface area (Å²) in [6.45, 7) is 18.4. The lowest BCUT2D eigenvalue weighted by molar-refractivity contribution is 0.385. The van der Waals surface area contributed by atoms with Gasteiger partial charge in [-0.3, -0.25) is 0 Å². The van der Waals surface area contributed by atoms with Crippen molar-refractivity contribution >= 4 is 0 Å². The van der Waals surface area contributed by atoms with E-state index in [-0.39, 0.29) is 11.0 Å². The smallest absolute Gasteiger partial charge is 0.0443 e. The third-order valence-corrected chi connectivity index (χ3v) is 5.14. The summed E-state index contributed by atoms with van der Waals surface area (Å²) < 4.78 is 0. The summed E-state index contributed by atoms with van der Waals surface area (Å²) in [4.78, 5) is 0. The molecule has 2 nitrogen and oxygen atoms in total. The van der Waals surface area contributed by atoms with Crippen molar-refractivity contribution in [2.75, 3.05) is 0 Å². The maximum atomic E-state index is 2.36. The lowest BCUT2D eigenvalue weighted by Crippen LogP contribution is -1.99. The van der Waals surface area contributed by atoms with Crippen molar-refractivity contribution in [3.8, 4) is 0 Å². The highest BCUT2D eigenvalue weighted by Crippen LogP contribution is 2.22. The molecule has 3 saturated carbocycles.